The molecule has 1 nitrogen and oxygen atoms in total. The van der Waals surface area contributed by atoms with E-state index >= 15 is 0 Å². The molecule has 0 fully saturated rings. The van der Waals surface area contributed by atoms with Crippen molar-refractivity contribution in [2.45, 2.75) is 6.92 Å². The molecule has 1 aromatic rings. The van der Waals surface area contributed by atoms with Gasteiger partial charge in [0.25, 0.3) is 0 Å². The summed E-state index contributed by atoms with van der Waals surface area (Å²) in [6.45, 7) is 2.03. The van der Waals surface area contributed by atoms with Gasteiger partial charge in [0.2, 0.25) is 0 Å². The van der Waals surface area contributed by atoms with Crippen LogP contribution in [0.25, 0.3) is 0 Å². The molecule has 1 heterocycles. The Kier molecular flexibility index (Phi) is 1.82. The van der Waals surface area contributed by atoms with E-state index in [0.29, 0.717) is 0 Å². The molecule has 0 bridgehead atoms. The van der Waals surface area contributed by atoms with E-state index in [1.165, 1.54) is 5.56 Å². The van der Waals surface area contributed by atoms with E-state index in [1.807, 2.05) is 37.3 Å². The fourth-order valence-electron chi connectivity index (χ4n) is 0.532. The number of furan rings is 1. The fourth-order valence-corrected chi connectivity index (χ4v) is 0.994. The van der Waals surface area contributed by atoms with Crippen molar-refractivity contribution < 1.29 is 24.4 Å². The standard InChI is InChI=1S/C6H6O.Ti/c1-5-3-4-7-6(5)2;/h2-4H,1H3;. The van der Waals surface area contributed by atoms with Crippen molar-refractivity contribution in [1.29, 1.82) is 0 Å². The van der Waals surface area contributed by atoms with Gasteiger partial charge in [-0.15, -0.1) is 0 Å². The predicted octanol–water partition coefficient (Wildman–Crippen LogP) is 1.29. The molecule has 0 atom stereocenters. The first-order chi connectivity index (χ1) is 3.84. The van der Waals surface area contributed by atoms with E-state index < -0.39 is 0 Å². The van der Waals surface area contributed by atoms with Crippen LogP contribution in [0.3, 0.4) is 0 Å². The van der Waals surface area contributed by atoms with Crippen molar-refractivity contribution in [1.82, 2.24) is 0 Å². The van der Waals surface area contributed by atoms with Crippen LogP contribution in [0.2, 0.25) is 0 Å². The molecule has 0 unspecified atom stereocenters. The Labute approximate surface area is 59.6 Å². The molecule has 40 valence electrons. The Morgan fingerprint density at radius 1 is 1.75 bits per heavy atom. The first-order valence-corrected chi connectivity index (χ1v) is 3.29. The molecule has 0 saturated heterocycles. The van der Waals surface area contributed by atoms with Crippen LogP contribution >= 0.6 is 0 Å². The Morgan fingerprint density at radius 2 is 2.50 bits per heavy atom. The summed E-state index contributed by atoms with van der Waals surface area (Å²) < 4.78 is 7.01. The Morgan fingerprint density at radius 3 is 2.75 bits per heavy atom. The number of aryl methyl sites for hydroxylation is 1. The topological polar surface area (TPSA) is 13.1 Å². The Balaban J connectivity index is 3.09. The second kappa shape index (κ2) is 2.43. The molecular weight excluding hydrogens is 136 g/mol. The number of rotatable bonds is 1. The minimum absolute atomic E-state index is 0.977. The summed E-state index contributed by atoms with van der Waals surface area (Å²) in [4.78, 5) is 0. The van der Waals surface area contributed by atoms with Gasteiger partial charge in [0.1, 0.15) is 0 Å². The van der Waals surface area contributed by atoms with Crippen LogP contribution in [0.1, 0.15) is 11.3 Å². The van der Waals surface area contributed by atoms with E-state index in [-0.39, 0.29) is 0 Å². The van der Waals surface area contributed by atoms with E-state index in [1.54, 1.807) is 6.26 Å². The quantitative estimate of drug-likeness (QED) is 0.538. The van der Waals surface area contributed by atoms with E-state index in [2.05, 4.69) is 0 Å². The van der Waals surface area contributed by atoms with E-state index in [9.17, 15) is 0 Å². The third kappa shape index (κ3) is 0.986. The summed E-state index contributed by atoms with van der Waals surface area (Å²) >= 11 is 1.96. The van der Waals surface area contributed by atoms with Crippen molar-refractivity contribution in [3.8, 4) is 0 Å². The van der Waals surface area contributed by atoms with Gasteiger partial charge in [-0.1, -0.05) is 0 Å². The third-order valence-electron chi connectivity index (χ3n) is 1.03. The van der Waals surface area contributed by atoms with Gasteiger partial charge >= 0.3 is 59.3 Å². The summed E-state index contributed by atoms with van der Waals surface area (Å²) in [6, 6.07) is 1.95. The van der Waals surface area contributed by atoms with Crippen molar-refractivity contribution in [3.63, 3.8) is 0 Å². The van der Waals surface area contributed by atoms with Gasteiger partial charge in [0.05, 0.1) is 0 Å². The second-order valence-electron chi connectivity index (χ2n) is 1.61. The first-order valence-electron chi connectivity index (χ1n) is 2.39. The zero-order chi connectivity index (χ0) is 5.98. The van der Waals surface area contributed by atoms with E-state index in [0.717, 1.165) is 5.76 Å². The van der Waals surface area contributed by atoms with Gasteiger partial charge in [-0.25, -0.2) is 0 Å². The molecule has 0 amide bonds. The van der Waals surface area contributed by atoms with Crippen molar-refractivity contribution in [3.05, 3.63) is 23.7 Å². The fraction of sp³-hybridized carbons (Fsp3) is 0.167. The molecule has 0 N–H and O–H groups in total. The molecule has 8 heavy (non-hydrogen) atoms. The molecule has 0 aliphatic heterocycles. The van der Waals surface area contributed by atoms with Crippen LogP contribution in [0.5, 0.6) is 0 Å². The first kappa shape index (κ1) is 5.99. The molecule has 0 spiro atoms. The summed E-state index contributed by atoms with van der Waals surface area (Å²) in [5.41, 5.74) is 1.20. The monoisotopic (exact) mass is 142 g/mol. The maximum atomic E-state index is 5.06. The minimum atomic E-state index is 0.977. The predicted molar refractivity (Wildman–Crippen MR) is 28.6 cm³/mol. The van der Waals surface area contributed by atoms with Crippen LogP contribution < -0.4 is 0 Å². The van der Waals surface area contributed by atoms with Crippen LogP contribution in [-0.2, 0) is 20.0 Å². The van der Waals surface area contributed by atoms with Gasteiger partial charge in [-0.2, -0.15) is 0 Å². The average Bonchev–Trinajstić information content (AvgIpc) is 2.14. The summed E-state index contributed by atoms with van der Waals surface area (Å²) in [5.74, 6) is 0.977. The summed E-state index contributed by atoms with van der Waals surface area (Å²) in [7, 11) is 0. The number of hydrogen-bond donors (Lipinski definition) is 0. The molecular formula is C6H6OTi. The molecule has 1 aromatic heterocycles. The third-order valence-corrected chi connectivity index (χ3v) is 1.44. The SMILES string of the molecule is Cc1ccoc1[CH]=[Ti]. The summed E-state index contributed by atoms with van der Waals surface area (Å²) in [5, 5.41) is 0. The van der Waals surface area contributed by atoms with Gasteiger partial charge < -0.3 is 0 Å². The molecule has 0 aliphatic rings. The van der Waals surface area contributed by atoms with Crippen LogP contribution in [-0.4, -0.2) is 4.31 Å². The normalized spacial score (nSPS) is 9.00. The van der Waals surface area contributed by atoms with Crippen LogP contribution in [0.4, 0.5) is 0 Å². The van der Waals surface area contributed by atoms with Gasteiger partial charge in [-0.3, -0.25) is 0 Å². The average molecular weight is 142 g/mol. The Hall–Kier alpha value is -0.136. The van der Waals surface area contributed by atoms with Crippen LogP contribution in [0.15, 0.2) is 16.7 Å². The van der Waals surface area contributed by atoms with Crippen LogP contribution in [0, 0.1) is 6.92 Å². The molecule has 0 aromatic carbocycles. The number of hydrogen-bond acceptors (Lipinski definition) is 1. The molecule has 1 rings (SSSR count). The van der Waals surface area contributed by atoms with Gasteiger partial charge in [0, 0.05) is 0 Å². The maximum absolute atomic E-state index is 5.06. The molecule has 2 heteroatoms. The second-order valence-corrected chi connectivity index (χ2v) is 2.06. The molecule has 0 aliphatic carbocycles. The van der Waals surface area contributed by atoms with Gasteiger partial charge in [-0.05, 0) is 0 Å². The summed E-state index contributed by atoms with van der Waals surface area (Å²) in [6.07, 6.45) is 1.70. The van der Waals surface area contributed by atoms with E-state index in [4.69, 9.17) is 4.42 Å². The molecule has 0 saturated carbocycles. The van der Waals surface area contributed by atoms with Crippen molar-refractivity contribution in [2.24, 2.45) is 0 Å². The zero-order valence-electron chi connectivity index (χ0n) is 4.64. The zero-order valence-corrected chi connectivity index (χ0v) is 6.20. The van der Waals surface area contributed by atoms with Crippen molar-refractivity contribution >= 4 is 4.31 Å². The van der Waals surface area contributed by atoms with Crippen molar-refractivity contribution in [2.75, 3.05) is 0 Å². The van der Waals surface area contributed by atoms with Gasteiger partial charge in [0.15, 0.2) is 0 Å². The molecule has 0 radical (unpaired) electrons. The Bertz CT molecular complexity index is 190.